The van der Waals surface area contributed by atoms with Crippen molar-refractivity contribution in [3.63, 3.8) is 0 Å². The lowest BCUT2D eigenvalue weighted by molar-refractivity contribution is -0.136. The molecule has 0 spiro atoms. The second-order valence-electron chi connectivity index (χ2n) is 7.28. The molecular formula is C25H24N2O5S. The number of amides is 2. The molecule has 0 saturated carbocycles. The van der Waals surface area contributed by atoms with Gasteiger partial charge in [0.05, 0.1) is 32.6 Å². The predicted octanol–water partition coefficient (Wildman–Crippen LogP) is 4.21. The van der Waals surface area contributed by atoms with Gasteiger partial charge >= 0.3 is 0 Å². The summed E-state index contributed by atoms with van der Waals surface area (Å²) in [5.41, 5.74) is 2.18. The Morgan fingerprint density at radius 3 is 2.24 bits per heavy atom. The molecule has 2 heterocycles. The van der Waals surface area contributed by atoms with Crippen molar-refractivity contribution in [1.82, 2.24) is 4.90 Å². The summed E-state index contributed by atoms with van der Waals surface area (Å²) in [6, 6.07) is 16.5. The van der Waals surface area contributed by atoms with Gasteiger partial charge in [0.2, 0.25) is 0 Å². The van der Waals surface area contributed by atoms with Gasteiger partial charge in [0.15, 0.2) is 0 Å². The molecule has 2 aromatic carbocycles. The highest BCUT2D eigenvalue weighted by Crippen LogP contribution is 2.36. The van der Waals surface area contributed by atoms with E-state index in [-0.39, 0.29) is 24.1 Å². The summed E-state index contributed by atoms with van der Waals surface area (Å²) in [6.45, 7) is 0.268. The zero-order chi connectivity index (χ0) is 23.4. The van der Waals surface area contributed by atoms with Crippen LogP contribution >= 0.6 is 11.3 Å². The minimum atomic E-state index is -0.366. The van der Waals surface area contributed by atoms with Gasteiger partial charge in [-0.2, -0.15) is 0 Å². The molecule has 8 heteroatoms. The summed E-state index contributed by atoms with van der Waals surface area (Å²) in [5.74, 6) is 1.21. The zero-order valence-electron chi connectivity index (χ0n) is 18.6. The van der Waals surface area contributed by atoms with E-state index in [1.54, 1.807) is 32.4 Å². The van der Waals surface area contributed by atoms with E-state index in [4.69, 9.17) is 14.2 Å². The minimum Gasteiger partial charge on any atom is -0.497 e. The number of anilines is 1. The Kier molecular flexibility index (Phi) is 6.65. The summed E-state index contributed by atoms with van der Waals surface area (Å²) in [6.07, 6.45) is 0.540. The van der Waals surface area contributed by atoms with Crippen LogP contribution in [0.5, 0.6) is 17.2 Å². The van der Waals surface area contributed by atoms with Crippen molar-refractivity contribution < 1.29 is 23.8 Å². The van der Waals surface area contributed by atoms with Crippen LogP contribution in [0.4, 0.5) is 5.69 Å². The molecule has 4 rings (SSSR count). The first kappa shape index (κ1) is 22.4. The number of carbonyl (C=O) groups excluding carboxylic acids is 2. The van der Waals surface area contributed by atoms with Gasteiger partial charge in [-0.25, -0.2) is 0 Å². The Morgan fingerprint density at radius 2 is 1.61 bits per heavy atom. The minimum absolute atomic E-state index is 0.237. The van der Waals surface area contributed by atoms with Gasteiger partial charge in [-0.1, -0.05) is 18.2 Å². The van der Waals surface area contributed by atoms with E-state index in [0.717, 1.165) is 16.2 Å². The summed E-state index contributed by atoms with van der Waals surface area (Å²) >= 11 is 1.41. The Morgan fingerprint density at radius 1 is 0.879 bits per heavy atom. The van der Waals surface area contributed by atoms with E-state index >= 15 is 0 Å². The number of nitrogens with zero attached hydrogens (tertiary/aromatic N) is 1. The van der Waals surface area contributed by atoms with Crippen LogP contribution in [0.1, 0.15) is 10.4 Å². The lowest BCUT2D eigenvalue weighted by atomic mass is 10.1. The fourth-order valence-electron chi connectivity index (χ4n) is 3.61. The second-order valence-corrected chi connectivity index (χ2v) is 8.23. The average molecular weight is 465 g/mol. The van der Waals surface area contributed by atoms with Gasteiger partial charge in [-0.05, 0) is 47.7 Å². The average Bonchev–Trinajstić information content (AvgIpc) is 3.45. The van der Waals surface area contributed by atoms with Crippen LogP contribution in [0.25, 0.3) is 5.57 Å². The number of methoxy groups -OCH3 is 3. The van der Waals surface area contributed by atoms with Crippen molar-refractivity contribution in [2.45, 2.75) is 6.42 Å². The molecule has 0 saturated heterocycles. The number of benzene rings is 2. The normalized spacial score (nSPS) is 13.5. The fourth-order valence-corrected chi connectivity index (χ4v) is 4.38. The molecular weight excluding hydrogens is 440 g/mol. The Balaban J connectivity index is 1.62. The second kappa shape index (κ2) is 9.79. The Labute approximate surface area is 196 Å². The maximum Gasteiger partial charge on any atom is 0.278 e. The van der Waals surface area contributed by atoms with Gasteiger partial charge in [0.1, 0.15) is 22.9 Å². The molecule has 0 unspecified atom stereocenters. The van der Waals surface area contributed by atoms with Gasteiger partial charge in [0.25, 0.3) is 11.8 Å². The van der Waals surface area contributed by atoms with E-state index in [1.165, 1.54) is 23.3 Å². The van der Waals surface area contributed by atoms with Crippen LogP contribution in [-0.2, 0) is 16.0 Å². The third kappa shape index (κ3) is 4.56. The molecule has 7 nitrogen and oxygen atoms in total. The summed E-state index contributed by atoms with van der Waals surface area (Å²) in [7, 11) is 4.72. The Bertz CT molecular complexity index is 1190. The molecule has 0 atom stereocenters. The summed E-state index contributed by atoms with van der Waals surface area (Å²) < 4.78 is 15.9. The monoisotopic (exact) mass is 464 g/mol. The van der Waals surface area contributed by atoms with Crippen LogP contribution in [0, 0.1) is 0 Å². The number of nitrogens with one attached hydrogen (secondary N) is 1. The van der Waals surface area contributed by atoms with Crippen molar-refractivity contribution in [3.05, 3.63) is 76.1 Å². The van der Waals surface area contributed by atoms with Crippen LogP contribution in [0.2, 0.25) is 0 Å². The largest absolute Gasteiger partial charge is 0.497 e. The predicted molar refractivity (Wildman–Crippen MR) is 128 cm³/mol. The van der Waals surface area contributed by atoms with Crippen molar-refractivity contribution in [3.8, 4) is 17.2 Å². The van der Waals surface area contributed by atoms with Crippen molar-refractivity contribution >= 4 is 34.4 Å². The molecule has 1 aromatic heterocycles. The van der Waals surface area contributed by atoms with Gasteiger partial charge in [0, 0.05) is 17.5 Å². The third-order valence-electron chi connectivity index (χ3n) is 5.39. The molecule has 0 fully saturated rings. The van der Waals surface area contributed by atoms with Crippen molar-refractivity contribution in [2.24, 2.45) is 0 Å². The fraction of sp³-hybridized carbons (Fsp3) is 0.200. The maximum absolute atomic E-state index is 13.4. The first-order valence-corrected chi connectivity index (χ1v) is 11.2. The number of hydrogen-bond acceptors (Lipinski definition) is 7. The molecule has 1 aliphatic rings. The molecule has 1 aliphatic heterocycles. The number of carbonyl (C=O) groups is 2. The number of hydrogen-bond donors (Lipinski definition) is 1. The SMILES string of the molecule is COc1ccc(CCN2C(=O)C(Nc3ccc(OC)cc3OC)=C(c3cccs3)C2=O)cc1. The molecule has 1 N–H and O–H groups in total. The van der Waals surface area contributed by atoms with Crippen LogP contribution < -0.4 is 19.5 Å². The van der Waals surface area contributed by atoms with E-state index in [2.05, 4.69) is 5.32 Å². The highest BCUT2D eigenvalue weighted by molar-refractivity contribution is 7.11. The van der Waals surface area contributed by atoms with Gasteiger partial charge in [-0.3, -0.25) is 14.5 Å². The van der Waals surface area contributed by atoms with Crippen molar-refractivity contribution in [1.29, 1.82) is 0 Å². The first-order chi connectivity index (χ1) is 16.0. The van der Waals surface area contributed by atoms with Crippen LogP contribution in [-0.4, -0.2) is 44.6 Å². The topological polar surface area (TPSA) is 77.1 Å². The zero-order valence-corrected chi connectivity index (χ0v) is 19.4. The summed E-state index contributed by atoms with van der Waals surface area (Å²) in [4.78, 5) is 28.7. The number of imide groups is 1. The van der Waals surface area contributed by atoms with Crippen molar-refractivity contribution in [2.75, 3.05) is 33.2 Å². The van der Waals surface area contributed by atoms with Gasteiger partial charge < -0.3 is 19.5 Å². The molecule has 0 aliphatic carbocycles. The molecule has 0 bridgehead atoms. The van der Waals surface area contributed by atoms with E-state index < -0.39 is 0 Å². The number of rotatable bonds is 9. The molecule has 170 valence electrons. The molecule has 0 radical (unpaired) electrons. The smallest absolute Gasteiger partial charge is 0.278 e. The third-order valence-corrected chi connectivity index (χ3v) is 6.27. The highest BCUT2D eigenvalue weighted by atomic mass is 32.1. The Hall–Kier alpha value is -3.78. The molecule has 3 aromatic rings. The van der Waals surface area contributed by atoms with E-state index in [1.807, 2.05) is 41.8 Å². The first-order valence-electron chi connectivity index (χ1n) is 10.3. The highest BCUT2D eigenvalue weighted by Gasteiger charge is 2.39. The number of ether oxygens (including phenoxy) is 3. The van der Waals surface area contributed by atoms with Gasteiger partial charge in [-0.15, -0.1) is 11.3 Å². The standard InChI is InChI=1S/C25H24N2O5S/c1-30-17-8-6-16(7-9-17)12-13-27-24(28)22(21-5-4-14-33-21)23(25(27)29)26-19-11-10-18(31-2)15-20(19)32-3/h4-11,14-15,26H,12-13H2,1-3H3. The van der Waals surface area contributed by atoms with E-state index in [9.17, 15) is 9.59 Å². The molecule has 2 amide bonds. The maximum atomic E-state index is 13.4. The van der Waals surface area contributed by atoms with E-state index in [0.29, 0.717) is 29.2 Å². The van der Waals surface area contributed by atoms with Crippen LogP contribution in [0.15, 0.2) is 65.7 Å². The quantitative estimate of drug-likeness (QED) is 0.478. The lowest BCUT2D eigenvalue weighted by Crippen LogP contribution is -2.34. The summed E-state index contributed by atoms with van der Waals surface area (Å²) in [5, 5.41) is 5.03. The molecule has 33 heavy (non-hydrogen) atoms. The lowest BCUT2D eigenvalue weighted by Gasteiger charge is -2.16. The number of thiophene rings is 1. The van der Waals surface area contributed by atoms with Crippen LogP contribution in [0.3, 0.4) is 0 Å².